The molecule has 1 heterocycles. The Labute approximate surface area is 187 Å². The van der Waals surface area contributed by atoms with Gasteiger partial charge in [-0.3, -0.25) is 10.1 Å². The van der Waals surface area contributed by atoms with Crippen LogP contribution in [0.15, 0.2) is 69.6 Å². The summed E-state index contributed by atoms with van der Waals surface area (Å²) in [5.74, 6) is 0.273. The molecule has 0 saturated heterocycles. The number of amides is 1. The highest BCUT2D eigenvalue weighted by atomic mass is 79.9. The fourth-order valence-corrected chi connectivity index (χ4v) is 3.64. The molecule has 0 radical (unpaired) electrons. The second-order valence-electron chi connectivity index (χ2n) is 6.89. The van der Waals surface area contributed by atoms with Crippen molar-refractivity contribution in [2.45, 2.75) is 13.8 Å². The van der Waals surface area contributed by atoms with Crippen LogP contribution in [0, 0.1) is 13.8 Å². The largest absolute Gasteiger partial charge is 0.436 e. The lowest BCUT2D eigenvalue weighted by Crippen LogP contribution is -2.34. The van der Waals surface area contributed by atoms with Crippen LogP contribution in [0.4, 0.5) is 5.69 Å². The molecule has 3 aromatic carbocycles. The predicted octanol–water partition coefficient (Wildman–Crippen LogP) is 6.00. The van der Waals surface area contributed by atoms with Gasteiger partial charge in [0.2, 0.25) is 5.89 Å². The number of carbonyl (C=O) groups excluding carboxylic acids is 1. The minimum absolute atomic E-state index is 0.215. The zero-order valence-electron chi connectivity index (χ0n) is 16.3. The fourth-order valence-electron chi connectivity index (χ4n) is 2.98. The van der Waals surface area contributed by atoms with E-state index in [1.807, 2.05) is 68.4 Å². The van der Waals surface area contributed by atoms with Crippen LogP contribution in [0.3, 0.4) is 0 Å². The van der Waals surface area contributed by atoms with Crippen molar-refractivity contribution in [1.82, 2.24) is 10.3 Å². The standard InChI is InChI=1S/C23H18BrN3O2S/c1-13-7-8-15(11-14(13)2)21(28)27-23(30)25-16-9-10-20-19(12-16)26-22(29-20)17-5-3-4-6-18(17)24/h3-12H,1-2H3,(H2,25,27,28,30). The number of halogens is 1. The van der Waals surface area contributed by atoms with Crippen molar-refractivity contribution in [1.29, 1.82) is 0 Å². The molecule has 4 aromatic rings. The number of carbonyl (C=O) groups is 1. The zero-order valence-corrected chi connectivity index (χ0v) is 18.7. The summed E-state index contributed by atoms with van der Waals surface area (Å²) in [6.07, 6.45) is 0. The van der Waals surface area contributed by atoms with E-state index in [9.17, 15) is 4.79 Å². The average molecular weight is 480 g/mol. The number of nitrogens with zero attached hydrogens (tertiary/aromatic N) is 1. The Morgan fingerprint density at radius 1 is 1.03 bits per heavy atom. The Kier molecular flexibility index (Phi) is 5.65. The van der Waals surface area contributed by atoms with E-state index >= 15 is 0 Å². The Morgan fingerprint density at radius 2 is 1.83 bits per heavy atom. The third kappa shape index (κ3) is 4.27. The molecule has 0 aliphatic rings. The molecular weight excluding hydrogens is 462 g/mol. The van der Waals surface area contributed by atoms with Crippen LogP contribution in [0.25, 0.3) is 22.6 Å². The summed E-state index contributed by atoms with van der Waals surface area (Å²) in [6.45, 7) is 3.98. The van der Waals surface area contributed by atoms with Crippen molar-refractivity contribution in [2.75, 3.05) is 5.32 Å². The molecule has 5 nitrogen and oxygen atoms in total. The molecule has 1 amide bonds. The lowest BCUT2D eigenvalue weighted by Gasteiger charge is -2.10. The highest BCUT2D eigenvalue weighted by Crippen LogP contribution is 2.30. The van der Waals surface area contributed by atoms with Crippen molar-refractivity contribution in [3.8, 4) is 11.5 Å². The molecule has 0 fully saturated rings. The van der Waals surface area contributed by atoms with Gasteiger partial charge in [0, 0.05) is 15.7 Å². The van der Waals surface area contributed by atoms with E-state index in [0.717, 1.165) is 21.2 Å². The number of thiocarbonyl (C=S) groups is 1. The molecule has 150 valence electrons. The van der Waals surface area contributed by atoms with Crippen LogP contribution in [0.5, 0.6) is 0 Å². The van der Waals surface area contributed by atoms with Gasteiger partial charge in [-0.05, 0) is 95.6 Å². The number of rotatable bonds is 3. The van der Waals surface area contributed by atoms with E-state index in [1.165, 1.54) is 0 Å². The summed E-state index contributed by atoms with van der Waals surface area (Å²) in [4.78, 5) is 17.0. The Balaban J connectivity index is 1.49. The van der Waals surface area contributed by atoms with Crippen LogP contribution in [-0.4, -0.2) is 16.0 Å². The van der Waals surface area contributed by atoms with Gasteiger partial charge in [0.15, 0.2) is 10.7 Å². The number of benzene rings is 3. The van der Waals surface area contributed by atoms with Gasteiger partial charge >= 0.3 is 0 Å². The van der Waals surface area contributed by atoms with Gasteiger partial charge < -0.3 is 9.73 Å². The lowest BCUT2D eigenvalue weighted by molar-refractivity contribution is 0.0977. The van der Waals surface area contributed by atoms with Gasteiger partial charge in [0.05, 0.1) is 5.56 Å². The number of aromatic nitrogens is 1. The number of fused-ring (bicyclic) bond motifs is 1. The second kappa shape index (κ2) is 8.38. The summed E-state index contributed by atoms with van der Waals surface area (Å²) in [5, 5.41) is 5.95. The minimum Gasteiger partial charge on any atom is -0.436 e. The monoisotopic (exact) mass is 479 g/mol. The maximum absolute atomic E-state index is 12.4. The van der Waals surface area contributed by atoms with Gasteiger partial charge in [-0.1, -0.05) is 18.2 Å². The van der Waals surface area contributed by atoms with Crippen molar-refractivity contribution in [3.63, 3.8) is 0 Å². The van der Waals surface area contributed by atoms with Crippen molar-refractivity contribution in [3.05, 3.63) is 81.8 Å². The Hall–Kier alpha value is -3.03. The summed E-state index contributed by atoms with van der Waals surface area (Å²) in [7, 11) is 0. The number of hydrogen-bond donors (Lipinski definition) is 2. The first kappa shape index (κ1) is 20.3. The van der Waals surface area contributed by atoms with E-state index in [4.69, 9.17) is 16.6 Å². The molecule has 0 unspecified atom stereocenters. The van der Waals surface area contributed by atoms with E-state index in [1.54, 1.807) is 6.07 Å². The first-order valence-electron chi connectivity index (χ1n) is 9.26. The number of anilines is 1. The first-order valence-corrected chi connectivity index (χ1v) is 10.5. The third-order valence-electron chi connectivity index (χ3n) is 4.75. The molecule has 7 heteroatoms. The molecule has 1 aromatic heterocycles. The maximum atomic E-state index is 12.4. The summed E-state index contributed by atoms with van der Waals surface area (Å²) in [6, 6.07) is 18.8. The molecule has 0 bridgehead atoms. The van der Waals surface area contributed by atoms with E-state index in [0.29, 0.717) is 28.2 Å². The molecule has 30 heavy (non-hydrogen) atoms. The first-order chi connectivity index (χ1) is 14.4. The number of nitrogens with one attached hydrogen (secondary N) is 2. The summed E-state index contributed by atoms with van der Waals surface area (Å²) < 4.78 is 6.77. The average Bonchev–Trinajstić information content (AvgIpc) is 3.13. The second-order valence-corrected chi connectivity index (χ2v) is 8.15. The number of oxazole rings is 1. The Morgan fingerprint density at radius 3 is 2.60 bits per heavy atom. The SMILES string of the molecule is Cc1ccc(C(=O)NC(=S)Nc2ccc3oc(-c4ccccc4Br)nc3c2)cc1C. The molecular formula is C23H18BrN3O2S. The van der Waals surface area contributed by atoms with Crippen LogP contribution in [-0.2, 0) is 0 Å². The van der Waals surface area contributed by atoms with Crippen LogP contribution in [0.1, 0.15) is 21.5 Å². The van der Waals surface area contributed by atoms with E-state index < -0.39 is 0 Å². The van der Waals surface area contributed by atoms with Crippen LogP contribution in [0.2, 0.25) is 0 Å². The van der Waals surface area contributed by atoms with Gasteiger partial charge in [-0.2, -0.15) is 0 Å². The molecule has 0 aliphatic carbocycles. The van der Waals surface area contributed by atoms with Crippen molar-refractivity contribution in [2.24, 2.45) is 0 Å². The van der Waals surface area contributed by atoms with E-state index in [-0.39, 0.29) is 11.0 Å². The quantitative estimate of drug-likeness (QED) is 0.352. The number of aryl methyl sites for hydroxylation is 2. The topological polar surface area (TPSA) is 67.2 Å². The molecule has 0 spiro atoms. The minimum atomic E-state index is -0.255. The highest BCUT2D eigenvalue weighted by Gasteiger charge is 2.13. The van der Waals surface area contributed by atoms with Crippen molar-refractivity contribution >= 4 is 56.0 Å². The van der Waals surface area contributed by atoms with E-state index in [2.05, 4.69) is 31.5 Å². The molecule has 0 atom stereocenters. The smallest absolute Gasteiger partial charge is 0.257 e. The van der Waals surface area contributed by atoms with Crippen LogP contribution < -0.4 is 10.6 Å². The fraction of sp³-hybridized carbons (Fsp3) is 0.0870. The maximum Gasteiger partial charge on any atom is 0.257 e. The Bertz CT molecular complexity index is 1280. The highest BCUT2D eigenvalue weighted by molar-refractivity contribution is 9.10. The lowest BCUT2D eigenvalue weighted by atomic mass is 10.1. The molecule has 4 rings (SSSR count). The summed E-state index contributed by atoms with van der Waals surface area (Å²) >= 11 is 8.82. The zero-order chi connectivity index (χ0) is 21.3. The molecule has 2 N–H and O–H groups in total. The van der Waals surface area contributed by atoms with Gasteiger partial charge in [0.1, 0.15) is 5.52 Å². The predicted molar refractivity (Wildman–Crippen MR) is 127 cm³/mol. The van der Waals surface area contributed by atoms with Gasteiger partial charge in [-0.15, -0.1) is 0 Å². The number of hydrogen-bond acceptors (Lipinski definition) is 4. The van der Waals surface area contributed by atoms with Crippen LogP contribution >= 0.6 is 28.1 Å². The summed E-state index contributed by atoms with van der Waals surface area (Å²) in [5.41, 5.74) is 5.69. The normalized spacial score (nSPS) is 10.8. The molecule has 0 aliphatic heterocycles. The van der Waals surface area contributed by atoms with Crippen molar-refractivity contribution < 1.29 is 9.21 Å². The van der Waals surface area contributed by atoms with Gasteiger partial charge in [-0.25, -0.2) is 4.98 Å². The third-order valence-corrected chi connectivity index (χ3v) is 5.64. The molecule has 0 saturated carbocycles. The van der Waals surface area contributed by atoms with Gasteiger partial charge in [0.25, 0.3) is 5.91 Å².